The van der Waals surface area contributed by atoms with Crippen molar-refractivity contribution in [1.82, 2.24) is 4.98 Å². The van der Waals surface area contributed by atoms with Crippen LogP contribution in [0.25, 0.3) is 15.7 Å². The van der Waals surface area contributed by atoms with Crippen molar-refractivity contribution in [3.05, 3.63) is 40.9 Å². The Bertz CT molecular complexity index is 761. The molecule has 1 aromatic carbocycles. The molecule has 0 bridgehead atoms. The monoisotopic (exact) mass is 298 g/mol. The van der Waals surface area contributed by atoms with Gasteiger partial charge in [0.1, 0.15) is 12.8 Å². The van der Waals surface area contributed by atoms with E-state index in [1.165, 1.54) is 0 Å². The Morgan fingerprint density at radius 1 is 1.57 bits per heavy atom. The molecule has 2 aromatic rings. The van der Waals surface area contributed by atoms with Gasteiger partial charge in [0.2, 0.25) is 13.1 Å². The van der Waals surface area contributed by atoms with Crippen molar-refractivity contribution in [2.45, 2.75) is 20.1 Å². The van der Waals surface area contributed by atoms with Crippen molar-refractivity contribution in [3.63, 3.8) is 0 Å². The molecule has 105 valence electrons. The SMILES string of the molecule is [2H]Cc1cc2ncc([N+]#[C-])c(N[B]C)c2cc1CC[P+](C)=O. The van der Waals surface area contributed by atoms with Gasteiger partial charge in [-0.2, -0.15) is 0 Å². The van der Waals surface area contributed by atoms with Crippen LogP contribution >= 0.6 is 7.80 Å². The molecule has 1 aromatic heterocycles. The number of fused-ring (bicyclic) bond motifs is 1. The number of benzene rings is 1. The Hall–Kier alpha value is -1.92. The number of hydrogen-bond donors (Lipinski definition) is 1. The summed E-state index contributed by atoms with van der Waals surface area (Å²) < 4.78 is 19.1. The highest BCUT2D eigenvalue weighted by Gasteiger charge is 2.13. The number of anilines is 1. The van der Waals surface area contributed by atoms with E-state index in [1.54, 1.807) is 20.3 Å². The largest absolute Gasteiger partial charge is 0.440 e. The van der Waals surface area contributed by atoms with E-state index in [1.807, 2.05) is 19.0 Å². The predicted octanol–water partition coefficient (Wildman–Crippen LogP) is 4.17. The summed E-state index contributed by atoms with van der Waals surface area (Å²) in [5, 5.41) is 3.98. The second-order valence-electron chi connectivity index (χ2n) is 4.80. The minimum absolute atomic E-state index is 0.167. The van der Waals surface area contributed by atoms with Gasteiger partial charge in [0, 0.05) is 25.1 Å². The second-order valence-corrected chi connectivity index (χ2v) is 6.51. The first-order valence-corrected chi connectivity index (χ1v) is 8.53. The van der Waals surface area contributed by atoms with Crippen LogP contribution in [-0.4, -0.2) is 25.2 Å². The summed E-state index contributed by atoms with van der Waals surface area (Å²) in [6, 6.07) is 3.88. The zero-order chi connectivity index (χ0) is 16.1. The molecular formula is C15H17BN3OP+. The fourth-order valence-corrected chi connectivity index (χ4v) is 2.76. The molecule has 0 fully saturated rings. The maximum absolute atomic E-state index is 11.4. The van der Waals surface area contributed by atoms with Crippen LogP contribution in [0.3, 0.4) is 0 Å². The molecule has 0 saturated heterocycles. The number of rotatable bonds is 5. The fourth-order valence-electron chi connectivity index (χ4n) is 2.21. The van der Waals surface area contributed by atoms with Gasteiger partial charge < -0.3 is 5.23 Å². The molecule has 2 rings (SSSR count). The first kappa shape index (κ1) is 14.0. The average Bonchev–Trinajstić information content (AvgIpc) is 2.52. The van der Waals surface area contributed by atoms with Crippen molar-refractivity contribution in [2.75, 3.05) is 18.1 Å². The van der Waals surface area contributed by atoms with Crippen molar-refractivity contribution in [2.24, 2.45) is 0 Å². The van der Waals surface area contributed by atoms with Gasteiger partial charge in [-0.15, -0.1) is 0 Å². The van der Waals surface area contributed by atoms with Crippen molar-refractivity contribution in [1.29, 1.82) is 0 Å². The Morgan fingerprint density at radius 3 is 3.00 bits per heavy atom. The zero-order valence-corrected chi connectivity index (χ0v) is 13.1. The number of aryl methyl sites for hydroxylation is 2. The van der Waals surface area contributed by atoms with Gasteiger partial charge in [0.15, 0.2) is 0 Å². The average molecular weight is 298 g/mol. The van der Waals surface area contributed by atoms with E-state index in [4.69, 9.17) is 7.94 Å². The predicted molar refractivity (Wildman–Crippen MR) is 90.1 cm³/mol. The molecule has 0 spiro atoms. The van der Waals surface area contributed by atoms with E-state index in [-0.39, 0.29) is 6.90 Å². The molecule has 0 amide bonds. The lowest BCUT2D eigenvalue weighted by atomic mass is 9.96. The molecule has 1 radical (unpaired) electrons. The van der Waals surface area contributed by atoms with Crippen LogP contribution in [0.2, 0.25) is 6.82 Å². The van der Waals surface area contributed by atoms with E-state index in [2.05, 4.69) is 15.1 Å². The summed E-state index contributed by atoms with van der Waals surface area (Å²) in [7, 11) is 0.577. The maximum atomic E-state index is 11.4. The molecule has 0 aliphatic carbocycles. The molecule has 1 atom stereocenters. The number of hydrogen-bond acceptors (Lipinski definition) is 3. The lowest BCUT2D eigenvalue weighted by Gasteiger charge is -2.12. The van der Waals surface area contributed by atoms with Crippen molar-refractivity contribution >= 4 is 37.5 Å². The highest BCUT2D eigenvalue weighted by molar-refractivity contribution is 7.43. The highest BCUT2D eigenvalue weighted by atomic mass is 31.1. The molecule has 1 unspecified atom stereocenters. The normalized spacial score (nSPS) is 11.7. The molecule has 21 heavy (non-hydrogen) atoms. The minimum Gasteiger partial charge on any atom is -0.440 e. The quantitative estimate of drug-likeness (QED) is 0.512. The fraction of sp³-hybridized carbons (Fsp3) is 0.333. The van der Waals surface area contributed by atoms with Crippen LogP contribution in [-0.2, 0) is 11.0 Å². The topological polar surface area (TPSA) is 46.4 Å². The molecule has 0 saturated carbocycles. The Labute approximate surface area is 128 Å². The van der Waals surface area contributed by atoms with E-state index < -0.39 is 7.80 Å². The van der Waals surface area contributed by atoms with Crippen molar-refractivity contribution < 1.29 is 5.94 Å². The van der Waals surface area contributed by atoms with Gasteiger partial charge in [-0.1, -0.05) is 11.4 Å². The summed E-state index contributed by atoms with van der Waals surface area (Å²) >= 11 is 0. The minimum atomic E-state index is -1.21. The summed E-state index contributed by atoms with van der Waals surface area (Å²) in [6.45, 7) is 11.0. The summed E-state index contributed by atoms with van der Waals surface area (Å²) in [5.74, 6) is 0. The van der Waals surface area contributed by atoms with Crippen LogP contribution in [0, 0.1) is 13.5 Å². The first-order chi connectivity index (χ1) is 10.6. The van der Waals surface area contributed by atoms with Gasteiger partial charge >= 0.3 is 7.80 Å². The van der Waals surface area contributed by atoms with Gasteiger partial charge in [0.25, 0.3) is 0 Å². The number of nitrogens with zero attached hydrogens (tertiary/aromatic N) is 2. The van der Waals surface area contributed by atoms with Gasteiger partial charge in [-0.3, -0.25) is 4.98 Å². The molecule has 4 nitrogen and oxygen atoms in total. The lowest BCUT2D eigenvalue weighted by molar-refractivity contribution is 0.590. The van der Waals surface area contributed by atoms with E-state index in [0.29, 0.717) is 18.3 Å². The van der Waals surface area contributed by atoms with E-state index in [0.717, 1.165) is 27.7 Å². The highest BCUT2D eigenvalue weighted by Crippen LogP contribution is 2.33. The molecule has 1 heterocycles. The smallest absolute Gasteiger partial charge is 0.335 e. The van der Waals surface area contributed by atoms with E-state index >= 15 is 0 Å². The Balaban J connectivity index is 2.62. The Morgan fingerprint density at radius 2 is 2.38 bits per heavy atom. The number of pyridine rings is 1. The van der Waals surface area contributed by atoms with Gasteiger partial charge in [0.05, 0.1) is 12.1 Å². The van der Waals surface area contributed by atoms with Crippen LogP contribution < -0.4 is 5.23 Å². The van der Waals surface area contributed by atoms with Crippen molar-refractivity contribution in [3.8, 4) is 0 Å². The molecule has 0 aliphatic heterocycles. The number of nitrogens with one attached hydrogen (secondary N) is 1. The third kappa shape index (κ3) is 3.40. The summed E-state index contributed by atoms with van der Waals surface area (Å²) in [4.78, 5) is 7.84. The Kier molecular flexibility index (Phi) is 4.47. The molecular weight excluding hydrogens is 280 g/mol. The third-order valence-corrected chi connectivity index (χ3v) is 4.13. The van der Waals surface area contributed by atoms with Crippen LogP contribution in [0.5, 0.6) is 0 Å². The van der Waals surface area contributed by atoms with Crippen LogP contribution in [0.15, 0.2) is 18.3 Å². The first-order valence-electron chi connectivity index (χ1n) is 7.35. The summed E-state index contributed by atoms with van der Waals surface area (Å²) in [5.41, 5.74) is 3.89. The zero-order valence-electron chi connectivity index (χ0n) is 13.2. The summed E-state index contributed by atoms with van der Waals surface area (Å²) in [6.07, 6.45) is 2.83. The second kappa shape index (κ2) is 6.69. The molecule has 0 aliphatic rings. The number of aromatic nitrogens is 1. The van der Waals surface area contributed by atoms with Crippen LogP contribution in [0.1, 0.15) is 12.5 Å². The standard InChI is InChI=1S/C15H17BN3OP/c1-10-7-13-12(8-11(10)5-6-21(4)20)15(19-16-2)14(17-3)9-18-13/h7-9H,5-6H2,1-2,4H3,(H,18,19)/q+1/i1D. The van der Waals surface area contributed by atoms with Crippen LogP contribution in [0.4, 0.5) is 11.4 Å². The molecule has 6 heteroatoms. The molecule has 1 N–H and O–H groups in total. The van der Waals surface area contributed by atoms with Gasteiger partial charge in [-0.05, 0) is 30.2 Å². The van der Waals surface area contributed by atoms with Gasteiger partial charge in [-0.25, -0.2) is 4.85 Å². The third-order valence-electron chi connectivity index (χ3n) is 3.27. The maximum Gasteiger partial charge on any atom is 0.335 e. The lowest BCUT2D eigenvalue weighted by Crippen LogP contribution is -2.03. The van der Waals surface area contributed by atoms with E-state index in [9.17, 15) is 4.57 Å².